The number of hydrogen-bond acceptors (Lipinski definition) is 2. The van der Waals surface area contributed by atoms with Gasteiger partial charge in [-0.1, -0.05) is 6.08 Å². The molecule has 0 saturated heterocycles. The minimum atomic E-state index is 0.389. The molecule has 3 nitrogen and oxygen atoms in total. The molecule has 50 valence electrons. The van der Waals surface area contributed by atoms with E-state index in [1.807, 2.05) is 0 Å². The van der Waals surface area contributed by atoms with E-state index in [2.05, 4.69) is 6.58 Å². The zero-order valence-electron chi connectivity index (χ0n) is 5.52. The van der Waals surface area contributed by atoms with Gasteiger partial charge in [0.15, 0.2) is 0 Å². The Morgan fingerprint density at radius 3 is 2.67 bits per heavy atom. The zero-order valence-corrected chi connectivity index (χ0v) is 5.52. The van der Waals surface area contributed by atoms with Gasteiger partial charge in [-0.2, -0.15) is 0 Å². The van der Waals surface area contributed by atoms with Crippen molar-refractivity contribution in [3.8, 4) is 0 Å². The van der Waals surface area contributed by atoms with Crippen molar-refractivity contribution in [3.05, 3.63) is 12.7 Å². The van der Waals surface area contributed by atoms with Gasteiger partial charge in [0.25, 0.3) is 0 Å². The van der Waals surface area contributed by atoms with Crippen LogP contribution in [0.1, 0.15) is 6.42 Å². The van der Waals surface area contributed by atoms with Gasteiger partial charge in [0.1, 0.15) is 5.84 Å². The zero-order chi connectivity index (χ0) is 7.28. The molecule has 0 fully saturated rings. The minimum absolute atomic E-state index is 0.389. The van der Waals surface area contributed by atoms with Crippen LogP contribution in [0.5, 0.6) is 0 Å². The van der Waals surface area contributed by atoms with Gasteiger partial charge in [-0.05, 0) is 0 Å². The fourth-order valence-corrected chi connectivity index (χ4v) is 0.359. The molecule has 0 spiro atoms. The second-order valence-electron chi connectivity index (χ2n) is 1.68. The molecule has 0 bridgehead atoms. The van der Waals surface area contributed by atoms with Crippen LogP contribution in [0.25, 0.3) is 0 Å². The summed E-state index contributed by atoms with van der Waals surface area (Å²) in [4.78, 5) is 1.43. The quantitative estimate of drug-likeness (QED) is 0.331. The molecule has 0 atom stereocenters. The molecular weight excluding hydrogens is 114 g/mol. The summed E-state index contributed by atoms with van der Waals surface area (Å²) in [7, 11) is 1.67. The second kappa shape index (κ2) is 3.83. The third-order valence-electron chi connectivity index (χ3n) is 0.957. The summed E-state index contributed by atoms with van der Waals surface area (Å²) < 4.78 is 0. The highest BCUT2D eigenvalue weighted by Crippen LogP contribution is 1.86. The monoisotopic (exact) mass is 125 g/mol. The molecule has 0 unspecified atom stereocenters. The molecule has 0 aliphatic rings. The summed E-state index contributed by atoms with van der Waals surface area (Å²) in [6.07, 6.45) is 3.26. The fourth-order valence-electron chi connectivity index (χ4n) is 0.359. The molecule has 0 aromatic carbocycles. The van der Waals surface area contributed by atoms with E-state index in [-0.39, 0.29) is 0 Å². The highest BCUT2D eigenvalue weighted by molar-refractivity contribution is 5.89. The van der Waals surface area contributed by atoms with Gasteiger partial charge in [0.05, 0.1) is 6.34 Å². The highest BCUT2D eigenvalue weighted by atomic mass is 15.1. The first kappa shape index (κ1) is 7.88. The number of hydrogen-bond donors (Lipinski definition) is 2. The molecule has 0 saturated carbocycles. The first-order valence-electron chi connectivity index (χ1n) is 2.64. The van der Waals surface area contributed by atoms with E-state index >= 15 is 0 Å². The topological polar surface area (TPSA) is 50.9 Å². The predicted molar refractivity (Wildman–Crippen MR) is 39.1 cm³/mol. The summed E-state index contributed by atoms with van der Waals surface area (Å²) in [6.45, 7) is 3.47. The van der Waals surface area contributed by atoms with Crippen LogP contribution in [0.15, 0.2) is 12.7 Å². The van der Waals surface area contributed by atoms with Crippen LogP contribution in [-0.4, -0.2) is 24.1 Å². The smallest absolute Gasteiger partial charge is 0.105 e. The largest absolute Gasteiger partial charge is 0.325 e. The number of nitrogens with one attached hydrogen (secondary N) is 2. The average Bonchev–Trinajstić information content (AvgIpc) is 1.87. The van der Waals surface area contributed by atoms with Crippen molar-refractivity contribution < 1.29 is 0 Å². The highest BCUT2D eigenvalue weighted by Gasteiger charge is 1.95. The lowest BCUT2D eigenvalue weighted by atomic mass is 10.4. The first-order valence-corrected chi connectivity index (χ1v) is 2.64. The van der Waals surface area contributed by atoms with Crippen LogP contribution in [0, 0.1) is 10.8 Å². The lowest BCUT2D eigenvalue weighted by molar-refractivity contribution is 0.747. The third kappa shape index (κ3) is 2.64. The van der Waals surface area contributed by atoms with E-state index in [4.69, 9.17) is 10.8 Å². The Labute approximate surface area is 55.0 Å². The van der Waals surface area contributed by atoms with E-state index in [0.29, 0.717) is 12.3 Å². The van der Waals surface area contributed by atoms with Crippen molar-refractivity contribution in [1.29, 1.82) is 10.8 Å². The van der Waals surface area contributed by atoms with Gasteiger partial charge in [0.2, 0.25) is 0 Å². The SMILES string of the molecule is C=CCC(=N)N(C)C=N. The lowest BCUT2D eigenvalue weighted by Crippen LogP contribution is -2.22. The standard InChI is InChI=1S/C6H11N3/c1-3-4-6(8)9(2)5-7/h3,5,7-8H,1,4H2,2H3. The van der Waals surface area contributed by atoms with Crippen molar-refractivity contribution in [2.24, 2.45) is 0 Å². The van der Waals surface area contributed by atoms with Gasteiger partial charge in [-0.15, -0.1) is 6.58 Å². The Morgan fingerprint density at radius 1 is 1.78 bits per heavy atom. The molecule has 0 aliphatic heterocycles. The molecular formula is C6H11N3. The summed E-state index contributed by atoms with van der Waals surface area (Å²) in [6, 6.07) is 0. The number of amidine groups is 1. The van der Waals surface area contributed by atoms with E-state index in [9.17, 15) is 0 Å². The van der Waals surface area contributed by atoms with E-state index in [1.54, 1.807) is 13.1 Å². The Kier molecular flexibility index (Phi) is 3.35. The van der Waals surface area contributed by atoms with Crippen LogP contribution in [0.2, 0.25) is 0 Å². The van der Waals surface area contributed by atoms with Crippen LogP contribution < -0.4 is 0 Å². The summed E-state index contributed by atoms with van der Waals surface area (Å²) >= 11 is 0. The Morgan fingerprint density at radius 2 is 2.33 bits per heavy atom. The predicted octanol–water partition coefficient (Wildman–Crippen LogP) is 1.08. The van der Waals surface area contributed by atoms with Crippen LogP contribution in [0.3, 0.4) is 0 Å². The molecule has 0 aliphatic carbocycles. The van der Waals surface area contributed by atoms with Crippen molar-refractivity contribution in [1.82, 2.24) is 4.90 Å². The van der Waals surface area contributed by atoms with Crippen molar-refractivity contribution in [3.63, 3.8) is 0 Å². The molecule has 3 heteroatoms. The van der Waals surface area contributed by atoms with E-state index < -0.39 is 0 Å². The molecule has 2 N–H and O–H groups in total. The Hall–Kier alpha value is -1.12. The van der Waals surface area contributed by atoms with Gasteiger partial charge in [-0.3, -0.25) is 10.8 Å². The van der Waals surface area contributed by atoms with Crippen LogP contribution in [-0.2, 0) is 0 Å². The number of rotatable bonds is 3. The molecule has 0 aromatic heterocycles. The maximum atomic E-state index is 7.20. The summed E-state index contributed by atoms with van der Waals surface area (Å²) in [5.41, 5.74) is 0. The normalized spacial score (nSPS) is 8.11. The molecule has 0 amide bonds. The van der Waals surface area contributed by atoms with Crippen molar-refractivity contribution >= 4 is 12.2 Å². The molecule has 0 radical (unpaired) electrons. The first-order chi connectivity index (χ1) is 4.22. The van der Waals surface area contributed by atoms with Crippen molar-refractivity contribution in [2.45, 2.75) is 6.42 Å². The summed E-state index contributed by atoms with van der Waals surface area (Å²) in [5, 5.41) is 13.9. The van der Waals surface area contributed by atoms with Crippen molar-refractivity contribution in [2.75, 3.05) is 7.05 Å². The molecule has 0 heterocycles. The van der Waals surface area contributed by atoms with Crippen LogP contribution in [0.4, 0.5) is 0 Å². The lowest BCUT2D eigenvalue weighted by Gasteiger charge is -2.10. The second-order valence-corrected chi connectivity index (χ2v) is 1.68. The minimum Gasteiger partial charge on any atom is -0.325 e. The summed E-state index contributed by atoms with van der Waals surface area (Å²) in [5.74, 6) is 0.389. The van der Waals surface area contributed by atoms with Crippen LogP contribution >= 0.6 is 0 Å². The average molecular weight is 125 g/mol. The third-order valence-corrected chi connectivity index (χ3v) is 0.957. The maximum Gasteiger partial charge on any atom is 0.105 e. The van der Waals surface area contributed by atoms with Gasteiger partial charge >= 0.3 is 0 Å². The van der Waals surface area contributed by atoms with Gasteiger partial charge in [-0.25, -0.2) is 0 Å². The maximum absolute atomic E-state index is 7.20. The Bertz CT molecular complexity index is 128. The molecule has 0 aromatic rings. The van der Waals surface area contributed by atoms with E-state index in [0.717, 1.165) is 6.34 Å². The van der Waals surface area contributed by atoms with E-state index in [1.165, 1.54) is 4.90 Å². The van der Waals surface area contributed by atoms with Gasteiger partial charge in [0, 0.05) is 13.5 Å². The Balaban J connectivity index is 3.71. The van der Waals surface area contributed by atoms with Gasteiger partial charge < -0.3 is 4.90 Å². The molecule has 9 heavy (non-hydrogen) atoms. The fraction of sp³-hybridized carbons (Fsp3) is 0.333. The molecule has 0 rings (SSSR count). The number of nitrogens with zero attached hydrogens (tertiary/aromatic N) is 1.